The highest BCUT2D eigenvalue weighted by Gasteiger charge is 2.20. The molecule has 0 radical (unpaired) electrons. The summed E-state index contributed by atoms with van der Waals surface area (Å²) in [4.78, 5) is 18.3. The molecule has 1 aromatic heterocycles. The molecule has 0 aliphatic heterocycles. The number of hydrogen-bond donors (Lipinski definition) is 1. The highest BCUT2D eigenvalue weighted by atomic mass is 32.2. The minimum Gasteiger partial charge on any atom is -0.351 e. The minimum atomic E-state index is -3.24. The summed E-state index contributed by atoms with van der Waals surface area (Å²) in [5, 5.41) is 3.65. The third kappa shape index (κ3) is 6.15. The van der Waals surface area contributed by atoms with Gasteiger partial charge in [-0.15, -0.1) is 11.3 Å². The maximum absolute atomic E-state index is 13.0. The SMILES string of the molecule is O=C(NCCCS(=O)(=O)Cc1ccccc1)c1sc(-c2ccccc2)nc1-c1ccccc1. The zero-order valence-corrected chi connectivity index (χ0v) is 19.6. The van der Waals surface area contributed by atoms with E-state index in [0.717, 1.165) is 21.7 Å². The van der Waals surface area contributed by atoms with Crippen molar-refractivity contribution in [2.24, 2.45) is 0 Å². The number of nitrogens with one attached hydrogen (secondary N) is 1. The Hall–Kier alpha value is -3.29. The number of aromatic nitrogens is 1. The fourth-order valence-corrected chi connectivity index (χ4v) is 5.88. The van der Waals surface area contributed by atoms with Gasteiger partial charge in [-0.1, -0.05) is 91.0 Å². The van der Waals surface area contributed by atoms with E-state index in [0.29, 0.717) is 17.0 Å². The second-order valence-corrected chi connectivity index (χ2v) is 10.8. The summed E-state index contributed by atoms with van der Waals surface area (Å²) in [5.41, 5.74) is 3.22. The Morgan fingerprint density at radius 3 is 2.03 bits per heavy atom. The number of sulfone groups is 1. The molecule has 0 fully saturated rings. The highest BCUT2D eigenvalue weighted by molar-refractivity contribution is 7.90. The van der Waals surface area contributed by atoms with E-state index in [2.05, 4.69) is 5.32 Å². The molecule has 7 heteroatoms. The number of nitrogens with zero attached hydrogens (tertiary/aromatic N) is 1. The lowest BCUT2D eigenvalue weighted by Gasteiger charge is -2.07. The molecule has 1 N–H and O–H groups in total. The smallest absolute Gasteiger partial charge is 0.263 e. The van der Waals surface area contributed by atoms with Crippen LogP contribution >= 0.6 is 11.3 Å². The molecule has 1 heterocycles. The van der Waals surface area contributed by atoms with E-state index in [1.807, 2.05) is 78.9 Å². The van der Waals surface area contributed by atoms with Crippen LogP contribution in [0.2, 0.25) is 0 Å². The lowest BCUT2D eigenvalue weighted by Crippen LogP contribution is -2.26. The van der Waals surface area contributed by atoms with E-state index >= 15 is 0 Å². The van der Waals surface area contributed by atoms with Crippen LogP contribution in [0.15, 0.2) is 91.0 Å². The van der Waals surface area contributed by atoms with Gasteiger partial charge in [0.15, 0.2) is 9.84 Å². The van der Waals surface area contributed by atoms with Gasteiger partial charge in [0.25, 0.3) is 5.91 Å². The second-order valence-electron chi connectivity index (χ2n) is 7.62. The largest absolute Gasteiger partial charge is 0.351 e. The van der Waals surface area contributed by atoms with Crippen LogP contribution in [0, 0.1) is 0 Å². The molecule has 4 rings (SSSR count). The minimum absolute atomic E-state index is 0.00915. The van der Waals surface area contributed by atoms with Crippen molar-refractivity contribution in [2.75, 3.05) is 12.3 Å². The van der Waals surface area contributed by atoms with Crippen molar-refractivity contribution in [3.63, 3.8) is 0 Å². The third-order valence-corrected chi connectivity index (χ3v) is 7.84. The fourth-order valence-electron chi connectivity index (χ4n) is 3.44. The Bertz CT molecular complexity index is 1300. The normalized spacial score (nSPS) is 11.3. The monoisotopic (exact) mass is 476 g/mol. The number of hydrogen-bond acceptors (Lipinski definition) is 5. The number of amides is 1. The van der Waals surface area contributed by atoms with Crippen LogP contribution in [-0.2, 0) is 15.6 Å². The average Bonchev–Trinajstić information content (AvgIpc) is 3.29. The topological polar surface area (TPSA) is 76.1 Å². The molecule has 0 saturated heterocycles. The van der Waals surface area contributed by atoms with Gasteiger partial charge in [0.1, 0.15) is 9.88 Å². The molecule has 0 bridgehead atoms. The van der Waals surface area contributed by atoms with Crippen LogP contribution in [0.25, 0.3) is 21.8 Å². The van der Waals surface area contributed by atoms with Gasteiger partial charge >= 0.3 is 0 Å². The molecule has 5 nitrogen and oxygen atoms in total. The molecule has 168 valence electrons. The summed E-state index contributed by atoms with van der Waals surface area (Å²) >= 11 is 1.34. The van der Waals surface area contributed by atoms with Crippen molar-refractivity contribution in [3.05, 3.63) is 101 Å². The molecule has 33 heavy (non-hydrogen) atoms. The summed E-state index contributed by atoms with van der Waals surface area (Å²) < 4.78 is 24.8. The molecule has 1 amide bonds. The quantitative estimate of drug-likeness (QED) is 0.336. The Labute approximate surface area is 198 Å². The van der Waals surface area contributed by atoms with E-state index < -0.39 is 9.84 Å². The van der Waals surface area contributed by atoms with E-state index in [1.165, 1.54) is 11.3 Å². The van der Waals surface area contributed by atoms with Crippen LogP contribution < -0.4 is 5.32 Å². The second kappa shape index (κ2) is 10.6. The van der Waals surface area contributed by atoms with Gasteiger partial charge in [0.05, 0.1) is 17.2 Å². The van der Waals surface area contributed by atoms with Crippen LogP contribution in [0.4, 0.5) is 0 Å². The average molecular weight is 477 g/mol. The van der Waals surface area contributed by atoms with Crippen molar-refractivity contribution >= 4 is 27.1 Å². The molecular weight excluding hydrogens is 452 g/mol. The summed E-state index contributed by atoms with van der Waals surface area (Å²) in [6.07, 6.45) is 0.353. The molecule has 0 aliphatic carbocycles. The summed E-state index contributed by atoms with van der Waals surface area (Å²) in [6, 6.07) is 28.5. The van der Waals surface area contributed by atoms with E-state index in [9.17, 15) is 13.2 Å². The van der Waals surface area contributed by atoms with Gasteiger partial charge < -0.3 is 5.32 Å². The Kier molecular flexibility index (Phi) is 7.32. The number of benzene rings is 3. The Morgan fingerprint density at radius 1 is 0.818 bits per heavy atom. The van der Waals surface area contributed by atoms with Crippen molar-refractivity contribution in [3.8, 4) is 21.8 Å². The van der Waals surface area contributed by atoms with Crippen molar-refractivity contribution < 1.29 is 13.2 Å². The van der Waals surface area contributed by atoms with Crippen LogP contribution in [0.3, 0.4) is 0 Å². The summed E-state index contributed by atoms with van der Waals surface area (Å²) in [5.74, 6) is -0.213. The van der Waals surface area contributed by atoms with Gasteiger partial charge in [-0.3, -0.25) is 4.79 Å². The van der Waals surface area contributed by atoms with Crippen LogP contribution in [0.5, 0.6) is 0 Å². The molecular formula is C26H24N2O3S2. The Balaban J connectivity index is 1.44. The predicted molar refractivity (Wildman–Crippen MR) is 134 cm³/mol. The zero-order valence-electron chi connectivity index (χ0n) is 18.0. The molecule has 4 aromatic rings. The predicted octanol–water partition coefficient (Wildman–Crippen LogP) is 5.21. The number of carbonyl (C=O) groups excluding carboxylic acids is 1. The van der Waals surface area contributed by atoms with Crippen molar-refractivity contribution in [2.45, 2.75) is 12.2 Å². The maximum atomic E-state index is 13.0. The lowest BCUT2D eigenvalue weighted by atomic mass is 10.1. The molecule has 3 aromatic carbocycles. The van der Waals surface area contributed by atoms with Gasteiger partial charge in [0.2, 0.25) is 0 Å². The van der Waals surface area contributed by atoms with E-state index in [-0.39, 0.29) is 24.0 Å². The maximum Gasteiger partial charge on any atom is 0.263 e. The molecule has 0 atom stereocenters. The number of thiazole rings is 1. The first-order valence-electron chi connectivity index (χ1n) is 10.7. The summed E-state index contributed by atoms with van der Waals surface area (Å²) in [6.45, 7) is 0.277. The first-order valence-corrected chi connectivity index (χ1v) is 13.3. The fraction of sp³-hybridized carbons (Fsp3) is 0.154. The first kappa shape index (κ1) is 22.9. The van der Waals surface area contributed by atoms with Crippen LogP contribution in [-0.4, -0.2) is 31.6 Å². The van der Waals surface area contributed by atoms with Gasteiger partial charge in [-0.2, -0.15) is 0 Å². The van der Waals surface area contributed by atoms with Gasteiger partial charge in [-0.25, -0.2) is 13.4 Å². The Morgan fingerprint density at radius 2 is 1.39 bits per heavy atom. The highest BCUT2D eigenvalue weighted by Crippen LogP contribution is 2.33. The summed E-state index contributed by atoms with van der Waals surface area (Å²) in [7, 11) is -3.24. The first-order chi connectivity index (χ1) is 16.0. The van der Waals surface area contributed by atoms with E-state index in [1.54, 1.807) is 12.1 Å². The standard InChI is InChI=1S/C26H24N2O3S2/c29-25(27-17-10-18-33(30,31)19-20-11-4-1-5-12-20)24-23(21-13-6-2-7-14-21)28-26(32-24)22-15-8-3-9-16-22/h1-9,11-16H,10,17-19H2,(H,27,29). The van der Waals surface area contributed by atoms with Crippen LogP contribution in [0.1, 0.15) is 21.7 Å². The lowest BCUT2D eigenvalue weighted by molar-refractivity contribution is 0.0958. The number of rotatable bonds is 9. The third-order valence-electron chi connectivity index (χ3n) is 5.05. The van der Waals surface area contributed by atoms with Gasteiger partial charge in [-0.05, 0) is 12.0 Å². The zero-order chi connectivity index (χ0) is 23.1. The van der Waals surface area contributed by atoms with Gasteiger partial charge in [0, 0.05) is 17.7 Å². The van der Waals surface area contributed by atoms with Crippen molar-refractivity contribution in [1.82, 2.24) is 10.3 Å². The molecule has 0 unspecified atom stereocenters. The molecule has 0 aliphatic rings. The van der Waals surface area contributed by atoms with Crippen molar-refractivity contribution in [1.29, 1.82) is 0 Å². The molecule has 0 spiro atoms. The number of carbonyl (C=O) groups is 1. The molecule has 0 saturated carbocycles. The van der Waals surface area contributed by atoms with E-state index in [4.69, 9.17) is 4.98 Å².